The van der Waals surface area contributed by atoms with Gasteiger partial charge in [-0.25, -0.2) is 0 Å². The van der Waals surface area contributed by atoms with Gasteiger partial charge in [0.1, 0.15) is 0 Å². The van der Waals surface area contributed by atoms with Crippen molar-refractivity contribution in [3.05, 3.63) is 24.3 Å². The second kappa shape index (κ2) is 7.16. The van der Waals surface area contributed by atoms with Crippen LogP contribution in [0.2, 0.25) is 0 Å². The van der Waals surface area contributed by atoms with Gasteiger partial charge in [-0.2, -0.15) is 0 Å². The van der Waals surface area contributed by atoms with Crippen molar-refractivity contribution in [2.24, 2.45) is 40.4 Å². The molecule has 0 saturated heterocycles. The molecular formula is C23H42. The van der Waals surface area contributed by atoms with E-state index in [1.807, 2.05) is 0 Å². The third-order valence-electron chi connectivity index (χ3n) is 7.71. The lowest BCUT2D eigenvalue weighted by atomic mass is 9.56. The van der Waals surface area contributed by atoms with Crippen molar-refractivity contribution in [1.82, 2.24) is 0 Å². The van der Waals surface area contributed by atoms with Crippen LogP contribution >= 0.6 is 0 Å². The number of allylic oxidation sites excluding steroid dienone is 2. The molecule has 23 heavy (non-hydrogen) atoms. The highest BCUT2D eigenvalue weighted by Gasteiger charge is 2.43. The van der Waals surface area contributed by atoms with Crippen LogP contribution in [0.15, 0.2) is 24.3 Å². The average molecular weight is 319 g/mol. The molecule has 0 aromatic carbocycles. The van der Waals surface area contributed by atoms with Gasteiger partial charge in [-0.3, -0.25) is 0 Å². The molecule has 0 bridgehead atoms. The monoisotopic (exact) mass is 318 g/mol. The van der Waals surface area contributed by atoms with Crippen LogP contribution in [-0.2, 0) is 0 Å². The molecule has 0 heterocycles. The van der Waals surface area contributed by atoms with Crippen LogP contribution in [-0.4, -0.2) is 0 Å². The van der Waals surface area contributed by atoms with Crippen LogP contribution in [0.1, 0.15) is 81.6 Å². The van der Waals surface area contributed by atoms with E-state index in [1.54, 1.807) is 0 Å². The van der Waals surface area contributed by atoms with Crippen molar-refractivity contribution >= 4 is 0 Å². The maximum Gasteiger partial charge on any atom is -0.00887 e. The van der Waals surface area contributed by atoms with E-state index >= 15 is 0 Å². The molecule has 0 aliphatic heterocycles. The minimum absolute atomic E-state index is 0.298. The van der Waals surface area contributed by atoms with Crippen LogP contribution in [0.3, 0.4) is 0 Å². The molecule has 5 atom stereocenters. The highest BCUT2D eigenvalue weighted by Crippen LogP contribution is 2.53. The first-order valence-electron chi connectivity index (χ1n) is 9.74. The topological polar surface area (TPSA) is 0 Å². The highest BCUT2D eigenvalue weighted by atomic mass is 14.5. The Morgan fingerprint density at radius 3 is 1.87 bits per heavy atom. The minimum Gasteiger partial charge on any atom is -0.0993 e. The molecule has 1 aliphatic rings. The molecule has 1 saturated carbocycles. The van der Waals surface area contributed by atoms with Gasteiger partial charge >= 0.3 is 0 Å². The quantitative estimate of drug-likeness (QED) is 0.444. The third kappa shape index (κ3) is 4.12. The summed E-state index contributed by atoms with van der Waals surface area (Å²) in [6.45, 7) is 30.5. The van der Waals surface area contributed by atoms with Gasteiger partial charge in [0.25, 0.3) is 0 Å². The normalized spacial score (nSPS) is 31.3. The minimum atomic E-state index is 0.298. The van der Waals surface area contributed by atoms with E-state index in [4.69, 9.17) is 0 Å². The Bertz CT molecular complexity index is 437. The van der Waals surface area contributed by atoms with Crippen LogP contribution in [0.5, 0.6) is 0 Å². The Balaban J connectivity index is 2.90. The summed E-state index contributed by atoms with van der Waals surface area (Å²) in [6.07, 6.45) is 3.84. The van der Waals surface area contributed by atoms with E-state index in [0.29, 0.717) is 34.5 Å². The van der Waals surface area contributed by atoms with Gasteiger partial charge in [0.2, 0.25) is 0 Å². The standard InChI is InChI=1S/C23H42/c1-12-22(8,9)15(2)13-14-23(10,11)21-19(6)17(4)16(3)18(5)20(21)7/h15-16,18-19,21H,4,7,12-14H2,1-3,5-6,8-11H3. The van der Waals surface area contributed by atoms with E-state index < -0.39 is 0 Å². The van der Waals surface area contributed by atoms with Gasteiger partial charge in [0.05, 0.1) is 0 Å². The largest absolute Gasteiger partial charge is 0.0993 e. The molecule has 0 aromatic heterocycles. The summed E-state index contributed by atoms with van der Waals surface area (Å²) in [5.41, 5.74) is 3.64. The van der Waals surface area contributed by atoms with Crippen molar-refractivity contribution in [2.45, 2.75) is 81.6 Å². The lowest BCUT2D eigenvalue weighted by Gasteiger charge is -2.49. The van der Waals surface area contributed by atoms with Crippen molar-refractivity contribution in [2.75, 3.05) is 0 Å². The fourth-order valence-corrected chi connectivity index (χ4v) is 4.54. The predicted octanol–water partition coefficient (Wildman–Crippen LogP) is 7.52. The molecule has 0 amide bonds. The molecular weight excluding hydrogens is 276 g/mol. The summed E-state index contributed by atoms with van der Waals surface area (Å²) < 4.78 is 0. The van der Waals surface area contributed by atoms with Crippen LogP contribution in [0, 0.1) is 40.4 Å². The summed E-state index contributed by atoms with van der Waals surface area (Å²) in [4.78, 5) is 0. The lowest BCUT2D eigenvalue weighted by Crippen LogP contribution is -2.40. The summed E-state index contributed by atoms with van der Waals surface area (Å²) in [5.74, 6) is 3.02. The molecule has 0 radical (unpaired) electrons. The number of rotatable bonds is 6. The van der Waals surface area contributed by atoms with E-state index in [9.17, 15) is 0 Å². The maximum atomic E-state index is 4.53. The van der Waals surface area contributed by atoms with Crippen LogP contribution in [0.25, 0.3) is 0 Å². The van der Waals surface area contributed by atoms with Gasteiger partial charge in [-0.05, 0) is 53.3 Å². The molecule has 5 unspecified atom stereocenters. The molecule has 0 aromatic rings. The van der Waals surface area contributed by atoms with Gasteiger partial charge in [0.15, 0.2) is 0 Å². The zero-order valence-electron chi connectivity index (χ0n) is 17.4. The lowest BCUT2D eigenvalue weighted by molar-refractivity contribution is 0.113. The zero-order valence-corrected chi connectivity index (χ0v) is 17.4. The van der Waals surface area contributed by atoms with Crippen molar-refractivity contribution in [3.8, 4) is 0 Å². The van der Waals surface area contributed by atoms with E-state index in [1.165, 1.54) is 30.4 Å². The molecule has 0 spiro atoms. The van der Waals surface area contributed by atoms with Crippen molar-refractivity contribution in [1.29, 1.82) is 0 Å². The Morgan fingerprint density at radius 2 is 1.39 bits per heavy atom. The first kappa shape index (κ1) is 20.5. The number of hydrogen-bond acceptors (Lipinski definition) is 0. The predicted molar refractivity (Wildman–Crippen MR) is 106 cm³/mol. The molecule has 0 nitrogen and oxygen atoms in total. The van der Waals surface area contributed by atoms with Gasteiger partial charge in [-0.1, -0.05) is 93.0 Å². The maximum absolute atomic E-state index is 4.53. The first-order valence-corrected chi connectivity index (χ1v) is 9.74. The van der Waals surface area contributed by atoms with Gasteiger partial charge < -0.3 is 0 Å². The zero-order chi connectivity index (χ0) is 18.2. The van der Waals surface area contributed by atoms with Crippen LogP contribution in [0.4, 0.5) is 0 Å². The Hall–Kier alpha value is -0.520. The van der Waals surface area contributed by atoms with Gasteiger partial charge in [-0.15, -0.1) is 0 Å². The summed E-state index contributed by atoms with van der Waals surface area (Å²) in [6, 6.07) is 0. The first-order chi connectivity index (χ1) is 10.4. The fraction of sp³-hybridized carbons (Fsp3) is 0.826. The second-order valence-corrected chi connectivity index (χ2v) is 9.76. The Morgan fingerprint density at radius 1 is 0.913 bits per heavy atom. The summed E-state index contributed by atoms with van der Waals surface area (Å²) >= 11 is 0. The Kier molecular flexibility index (Phi) is 6.39. The molecule has 0 heteroatoms. The van der Waals surface area contributed by atoms with Crippen LogP contribution < -0.4 is 0 Å². The van der Waals surface area contributed by atoms with Gasteiger partial charge in [0, 0.05) is 0 Å². The second-order valence-electron chi connectivity index (χ2n) is 9.76. The fourth-order valence-electron chi connectivity index (χ4n) is 4.54. The van der Waals surface area contributed by atoms with Crippen molar-refractivity contribution < 1.29 is 0 Å². The van der Waals surface area contributed by atoms with Crippen molar-refractivity contribution in [3.63, 3.8) is 0 Å². The summed E-state index contributed by atoms with van der Waals surface area (Å²) in [7, 11) is 0. The molecule has 1 rings (SSSR count). The van der Waals surface area contributed by atoms with E-state index in [2.05, 4.69) is 75.5 Å². The molecule has 1 aliphatic carbocycles. The van der Waals surface area contributed by atoms with E-state index in [-0.39, 0.29) is 0 Å². The number of hydrogen-bond donors (Lipinski definition) is 0. The molecule has 134 valence electrons. The molecule has 0 N–H and O–H groups in total. The average Bonchev–Trinajstić information content (AvgIpc) is 2.48. The molecule has 1 fully saturated rings. The van der Waals surface area contributed by atoms with E-state index in [0.717, 1.165) is 5.92 Å². The highest BCUT2D eigenvalue weighted by molar-refractivity contribution is 5.26. The third-order valence-corrected chi connectivity index (χ3v) is 7.71. The summed E-state index contributed by atoms with van der Waals surface area (Å²) in [5, 5.41) is 0. The smallest absolute Gasteiger partial charge is 0.00887 e. The SMILES string of the molecule is C=C1C(C)C(C)C(=C)C(C(C)(C)CCC(C)C(C)(C)CC)C1C. The Labute approximate surface area is 146 Å².